The first kappa shape index (κ1) is 51.8. The highest BCUT2D eigenvalue weighted by Gasteiger charge is 2.48. The first-order valence-electron chi connectivity index (χ1n) is 23.2. The smallest absolute Gasteiger partial charge is 0.323 e. The van der Waals surface area contributed by atoms with Crippen LogP contribution in [0.25, 0.3) is 0 Å². The van der Waals surface area contributed by atoms with E-state index in [1.165, 1.54) is 77.0 Å². The molecule has 0 aromatic rings. The average Bonchev–Trinajstić information content (AvgIpc) is 3.20. The second kappa shape index (κ2) is 37.6. The lowest BCUT2D eigenvalue weighted by Gasteiger charge is -2.31. The standard InChI is InChI=1S/C45H84O12/c1-3-5-7-9-11-13-15-17-19-21-23-45(24-22-20-18-16-14-12-10-8-6-4-2,43(46)56-39-41-37-52-31-29-48-25-27-50-33-35-54-41)44(47)57-40-42-38-53-32-30-49-26-28-51-34-36-55-42/h41-42H,3-40H2,1-2H3/t41-,42-/m0/s1. The van der Waals surface area contributed by atoms with E-state index in [9.17, 15) is 9.59 Å². The molecule has 0 saturated carbocycles. The first-order chi connectivity index (χ1) is 28.1. The molecule has 2 aliphatic heterocycles. The van der Waals surface area contributed by atoms with Gasteiger partial charge in [0, 0.05) is 0 Å². The van der Waals surface area contributed by atoms with Crippen molar-refractivity contribution in [1.82, 2.24) is 0 Å². The van der Waals surface area contributed by atoms with Crippen LogP contribution in [0.2, 0.25) is 0 Å². The molecule has 12 nitrogen and oxygen atoms in total. The van der Waals surface area contributed by atoms with E-state index >= 15 is 0 Å². The molecule has 12 heteroatoms. The molecule has 0 amide bonds. The van der Waals surface area contributed by atoms with Crippen LogP contribution in [-0.2, 0) is 57.0 Å². The Morgan fingerprint density at radius 2 is 0.684 bits per heavy atom. The van der Waals surface area contributed by atoms with E-state index in [4.69, 9.17) is 47.4 Å². The fourth-order valence-electron chi connectivity index (χ4n) is 7.20. The number of ether oxygens (including phenoxy) is 10. The third kappa shape index (κ3) is 27.2. The molecule has 2 fully saturated rings. The number of rotatable bonds is 28. The molecular weight excluding hydrogens is 732 g/mol. The minimum atomic E-state index is -1.44. The van der Waals surface area contributed by atoms with Gasteiger partial charge in [0.15, 0.2) is 5.41 Å². The van der Waals surface area contributed by atoms with Crippen LogP contribution in [0.3, 0.4) is 0 Å². The van der Waals surface area contributed by atoms with E-state index in [2.05, 4.69) is 13.8 Å². The quantitative estimate of drug-likeness (QED) is 0.0427. The highest BCUT2D eigenvalue weighted by molar-refractivity contribution is 6.00. The zero-order valence-electron chi connectivity index (χ0n) is 36.4. The molecule has 0 aromatic carbocycles. The average molecular weight is 817 g/mol. The van der Waals surface area contributed by atoms with Crippen molar-refractivity contribution in [2.45, 2.75) is 167 Å². The van der Waals surface area contributed by atoms with Gasteiger partial charge in [0.25, 0.3) is 0 Å². The van der Waals surface area contributed by atoms with Gasteiger partial charge in [-0.2, -0.15) is 0 Å². The maximum absolute atomic E-state index is 14.5. The van der Waals surface area contributed by atoms with E-state index in [1.807, 2.05) is 0 Å². The van der Waals surface area contributed by atoms with Crippen molar-refractivity contribution in [2.24, 2.45) is 5.41 Å². The summed E-state index contributed by atoms with van der Waals surface area (Å²) in [5, 5.41) is 0. The van der Waals surface area contributed by atoms with E-state index in [-0.39, 0.29) is 26.4 Å². The molecule has 336 valence electrons. The number of hydrogen-bond donors (Lipinski definition) is 0. The molecule has 2 saturated heterocycles. The van der Waals surface area contributed by atoms with Gasteiger partial charge in [-0.3, -0.25) is 9.59 Å². The molecule has 57 heavy (non-hydrogen) atoms. The summed E-state index contributed by atoms with van der Waals surface area (Å²) in [6.45, 7) is 9.98. The first-order valence-corrected chi connectivity index (χ1v) is 23.2. The summed E-state index contributed by atoms with van der Waals surface area (Å²) < 4.78 is 58.0. The molecular formula is C45H84O12. The van der Waals surface area contributed by atoms with Crippen molar-refractivity contribution in [2.75, 3.05) is 106 Å². The monoisotopic (exact) mass is 817 g/mol. The van der Waals surface area contributed by atoms with Crippen LogP contribution >= 0.6 is 0 Å². The molecule has 0 unspecified atom stereocenters. The minimum absolute atomic E-state index is 0.0353. The van der Waals surface area contributed by atoms with Crippen LogP contribution in [0, 0.1) is 5.41 Å². The number of hydrogen-bond acceptors (Lipinski definition) is 12. The summed E-state index contributed by atoms with van der Waals surface area (Å²) in [6, 6.07) is 0. The van der Waals surface area contributed by atoms with Gasteiger partial charge >= 0.3 is 11.9 Å². The second-order valence-electron chi connectivity index (χ2n) is 15.7. The minimum Gasteiger partial charge on any atom is -0.462 e. The van der Waals surface area contributed by atoms with Crippen LogP contribution in [0.15, 0.2) is 0 Å². The van der Waals surface area contributed by atoms with Gasteiger partial charge in [-0.15, -0.1) is 0 Å². The lowest BCUT2D eigenvalue weighted by molar-refractivity contribution is -0.181. The predicted octanol–water partition coefficient (Wildman–Crippen LogP) is 8.58. The summed E-state index contributed by atoms with van der Waals surface area (Å²) in [6.07, 6.45) is 22.8. The summed E-state index contributed by atoms with van der Waals surface area (Å²) in [5.74, 6) is -1.09. The topological polar surface area (TPSA) is 126 Å². The van der Waals surface area contributed by atoms with Crippen molar-refractivity contribution in [3.05, 3.63) is 0 Å². The van der Waals surface area contributed by atoms with Crippen LogP contribution in [0.5, 0.6) is 0 Å². The van der Waals surface area contributed by atoms with Gasteiger partial charge in [0.1, 0.15) is 25.4 Å². The largest absolute Gasteiger partial charge is 0.462 e. The summed E-state index contributed by atoms with van der Waals surface area (Å²) in [5.41, 5.74) is -1.44. The van der Waals surface area contributed by atoms with E-state index in [0.29, 0.717) is 92.1 Å². The second-order valence-corrected chi connectivity index (χ2v) is 15.7. The number of unbranched alkanes of at least 4 members (excludes halogenated alkanes) is 18. The van der Waals surface area contributed by atoms with Gasteiger partial charge in [0.05, 0.1) is 92.5 Å². The fourth-order valence-corrected chi connectivity index (χ4v) is 7.20. The molecule has 0 N–H and O–H groups in total. The molecule has 0 spiro atoms. The van der Waals surface area contributed by atoms with Crippen molar-refractivity contribution >= 4 is 11.9 Å². The Balaban J connectivity index is 2.16. The molecule has 2 atom stereocenters. The SMILES string of the molecule is CCCCCCCCCCCCC(CCCCCCCCCCCC)(C(=O)OC[C@@H]1COCCOCCOCCO1)C(=O)OC[C@@H]1COCCOCCOCCO1. The Bertz CT molecular complexity index is 825. The van der Waals surface area contributed by atoms with Crippen LogP contribution in [0.1, 0.15) is 155 Å². The van der Waals surface area contributed by atoms with Gasteiger partial charge in [-0.1, -0.05) is 142 Å². The zero-order valence-corrected chi connectivity index (χ0v) is 36.4. The zero-order chi connectivity index (χ0) is 40.8. The Kier molecular flexibility index (Phi) is 34.2. The third-order valence-electron chi connectivity index (χ3n) is 10.8. The summed E-state index contributed by atoms with van der Waals surface area (Å²) >= 11 is 0. The van der Waals surface area contributed by atoms with Gasteiger partial charge in [-0.05, 0) is 12.8 Å². The highest BCUT2D eigenvalue weighted by Crippen LogP contribution is 2.36. The fraction of sp³-hybridized carbons (Fsp3) is 0.956. The number of carbonyl (C=O) groups excluding carboxylic acids is 2. The molecule has 0 aliphatic carbocycles. The Morgan fingerprint density at radius 3 is 1.02 bits per heavy atom. The third-order valence-corrected chi connectivity index (χ3v) is 10.8. The number of carbonyl (C=O) groups is 2. The number of esters is 2. The van der Waals surface area contributed by atoms with Crippen molar-refractivity contribution in [3.63, 3.8) is 0 Å². The Hall–Kier alpha value is -1.38. The summed E-state index contributed by atoms with van der Waals surface area (Å²) in [4.78, 5) is 28.9. The Labute approximate surface area is 346 Å². The van der Waals surface area contributed by atoms with E-state index in [1.54, 1.807) is 0 Å². The Morgan fingerprint density at radius 1 is 0.404 bits per heavy atom. The van der Waals surface area contributed by atoms with Gasteiger partial charge in [0.2, 0.25) is 0 Å². The molecule has 0 bridgehead atoms. The van der Waals surface area contributed by atoms with Crippen LogP contribution in [0.4, 0.5) is 0 Å². The van der Waals surface area contributed by atoms with Crippen LogP contribution in [-0.4, -0.2) is 130 Å². The predicted molar refractivity (Wildman–Crippen MR) is 222 cm³/mol. The van der Waals surface area contributed by atoms with Crippen molar-refractivity contribution in [1.29, 1.82) is 0 Å². The molecule has 2 rings (SSSR count). The highest BCUT2D eigenvalue weighted by atomic mass is 16.6. The lowest BCUT2D eigenvalue weighted by Crippen LogP contribution is -2.44. The molecule has 2 heterocycles. The van der Waals surface area contributed by atoms with Gasteiger partial charge in [-0.25, -0.2) is 0 Å². The maximum atomic E-state index is 14.5. The van der Waals surface area contributed by atoms with Crippen LogP contribution < -0.4 is 0 Å². The van der Waals surface area contributed by atoms with Crippen molar-refractivity contribution in [3.8, 4) is 0 Å². The summed E-state index contributed by atoms with van der Waals surface area (Å²) in [7, 11) is 0. The van der Waals surface area contributed by atoms with Crippen molar-refractivity contribution < 1.29 is 57.0 Å². The molecule has 2 aliphatic rings. The molecule has 0 aromatic heterocycles. The normalized spacial score (nSPS) is 20.0. The van der Waals surface area contributed by atoms with E-state index < -0.39 is 29.6 Å². The maximum Gasteiger partial charge on any atom is 0.323 e. The molecule has 0 radical (unpaired) electrons. The van der Waals surface area contributed by atoms with Gasteiger partial charge < -0.3 is 47.4 Å². The lowest BCUT2D eigenvalue weighted by atomic mass is 9.77. The van der Waals surface area contributed by atoms with E-state index in [0.717, 1.165) is 51.4 Å².